The third kappa shape index (κ3) is 3.79. The molecule has 0 atom stereocenters. The molecule has 0 unspecified atom stereocenters. The number of nitrogens with two attached hydrogens (primary N) is 1. The topological polar surface area (TPSA) is 87.5 Å². The normalized spacial score (nSPS) is 17.4. The molecular weight excluding hydrogens is 397 g/mol. The van der Waals surface area contributed by atoms with E-state index in [1.54, 1.807) is 11.0 Å². The summed E-state index contributed by atoms with van der Waals surface area (Å²) in [5, 5.41) is 6.01. The second-order valence-corrected chi connectivity index (χ2v) is 7.81. The summed E-state index contributed by atoms with van der Waals surface area (Å²) in [6, 6.07) is 5.93. The van der Waals surface area contributed by atoms with E-state index in [2.05, 4.69) is 10.6 Å². The number of likely N-dealkylation sites (tertiary alicyclic amines) is 1. The Labute approximate surface area is 171 Å². The van der Waals surface area contributed by atoms with Gasteiger partial charge in [-0.1, -0.05) is 0 Å². The standard InChI is InChI=1S/C21H21F3N4O2/c22-13-1-2-17-14(9-13)18(29)10-21(27-17)3-5-28(6-4-21)20(30)26-11-12-7-15(23)19(25)16(24)8-12/h1-2,7-9,27H,3-6,10-11,25H2,(H,26,30). The highest BCUT2D eigenvalue weighted by Crippen LogP contribution is 2.37. The summed E-state index contributed by atoms with van der Waals surface area (Å²) in [7, 11) is 0. The van der Waals surface area contributed by atoms with E-state index in [1.165, 1.54) is 12.1 Å². The number of rotatable bonds is 2. The Balaban J connectivity index is 1.36. The minimum Gasteiger partial charge on any atom is -0.394 e. The third-order valence-electron chi connectivity index (χ3n) is 5.77. The lowest BCUT2D eigenvalue weighted by molar-refractivity contribution is 0.0915. The second kappa shape index (κ2) is 7.55. The highest BCUT2D eigenvalue weighted by atomic mass is 19.1. The third-order valence-corrected chi connectivity index (χ3v) is 5.77. The molecule has 1 spiro atoms. The van der Waals surface area contributed by atoms with Gasteiger partial charge >= 0.3 is 6.03 Å². The molecule has 2 heterocycles. The quantitative estimate of drug-likeness (QED) is 0.652. The number of hydrogen-bond donors (Lipinski definition) is 3. The first-order chi connectivity index (χ1) is 14.3. The molecule has 2 aromatic carbocycles. The number of benzene rings is 2. The Bertz CT molecular complexity index is 996. The number of Topliss-reactive ketones (excluding diaryl/α,β-unsaturated/α-hetero) is 1. The van der Waals surface area contributed by atoms with Crippen molar-refractivity contribution in [1.82, 2.24) is 10.2 Å². The monoisotopic (exact) mass is 418 g/mol. The van der Waals surface area contributed by atoms with E-state index >= 15 is 0 Å². The molecule has 2 aliphatic heterocycles. The number of hydrogen-bond acceptors (Lipinski definition) is 4. The zero-order chi connectivity index (χ0) is 21.5. The number of nitrogens with one attached hydrogen (secondary N) is 2. The number of carbonyl (C=O) groups is 2. The van der Waals surface area contributed by atoms with E-state index in [-0.39, 0.29) is 30.3 Å². The smallest absolute Gasteiger partial charge is 0.317 e. The van der Waals surface area contributed by atoms with Crippen LogP contribution in [0.15, 0.2) is 30.3 Å². The lowest BCUT2D eigenvalue weighted by Crippen LogP contribution is -2.55. The van der Waals surface area contributed by atoms with Crippen molar-refractivity contribution < 1.29 is 22.8 Å². The number of piperidine rings is 1. The molecule has 4 N–H and O–H groups in total. The zero-order valence-corrected chi connectivity index (χ0v) is 16.1. The number of anilines is 2. The molecule has 6 nitrogen and oxygen atoms in total. The summed E-state index contributed by atoms with van der Waals surface area (Å²) in [5.74, 6) is -2.31. The van der Waals surface area contributed by atoms with Crippen LogP contribution in [0.4, 0.5) is 29.3 Å². The molecule has 0 radical (unpaired) electrons. The maximum atomic E-state index is 13.5. The lowest BCUT2D eigenvalue weighted by atomic mass is 9.78. The van der Waals surface area contributed by atoms with E-state index in [1.807, 2.05) is 0 Å². The first-order valence-corrected chi connectivity index (χ1v) is 9.63. The molecule has 0 aliphatic carbocycles. The average molecular weight is 418 g/mol. The highest BCUT2D eigenvalue weighted by Gasteiger charge is 2.41. The highest BCUT2D eigenvalue weighted by molar-refractivity contribution is 6.04. The van der Waals surface area contributed by atoms with Gasteiger partial charge < -0.3 is 21.3 Å². The fourth-order valence-electron chi connectivity index (χ4n) is 4.06. The summed E-state index contributed by atoms with van der Waals surface area (Å²) in [6.07, 6.45) is 1.34. The van der Waals surface area contributed by atoms with Crippen molar-refractivity contribution in [3.05, 3.63) is 58.9 Å². The Hall–Kier alpha value is -3.23. The van der Waals surface area contributed by atoms with Crippen molar-refractivity contribution in [1.29, 1.82) is 0 Å². The van der Waals surface area contributed by atoms with Gasteiger partial charge in [0.1, 0.15) is 23.1 Å². The summed E-state index contributed by atoms with van der Waals surface area (Å²) < 4.78 is 40.5. The summed E-state index contributed by atoms with van der Waals surface area (Å²) in [4.78, 5) is 26.5. The van der Waals surface area contributed by atoms with Crippen LogP contribution in [0.25, 0.3) is 0 Å². The van der Waals surface area contributed by atoms with E-state index in [9.17, 15) is 22.8 Å². The van der Waals surface area contributed by atoms with Gasteiger partial charge in [-0.25, -0.2) is 18.0 Å². The van der Waals surface area contributed by atoms with Crippen LogP contribution in [0.1, 0.15) is 35.2 Å². The Morgan fingerprint density at radius 2 is 1.80 bits per heavy atom. The van der Waals surface area contributed by atoms with E-state index in [0.29, 0.717) is 37.2 Å². The van der Waals surface area contributed by atoms with Crippen LogP contribution in [-0.2, 0) is 6.54 Å². The largest absolute Gasteiger partial charge is 0.394 e. The maximum absolute atomic E-state index is 13.5. The number of nitrogens with zero attached hydrogens (tertiary/aromatic N) is 1. The Morgan fingerprint density at radius 1 is 1.13 bits per heavy atom. The number of carbonyl (C=O) groups excluding carboxylic acids is 2. The van der Waals surface area contributed by atoms with Gasteiger partial charge in [0, 0.05) is 42.8 Å². The van der Waals surface area contributed by atoms with Crippen LogP contribution in [0, 0.1) is 17.5 Å². The van der Waals surface area contributed by atoms with Gasteiger partial charge in [-0.3, -0.25) is 4.79 Å². The van der Waals surface area contributed by atoms with Crippen molar-refractivity contribution in [2.24, 2.45) is 0 Å². The Morgan fingerprint density at radius 3 is 2.47 bits per heavy atom. The molecular formula is C21H21F3N4O2. The molecule has 9 heteroatoms. The van der Waals surface area contributed by atoms with Gasteiger partial charge in [-0.2, -0.15) is 0 Å². The van der Waals surface area contributed by atoms with Gasteiger partial charge in [0.05, 0.1) is 0 Å². The van der Waals surface area contributed by atoms with Gasteiger partial charge in [-0.15, -0.1) is 0 Å². The molecule has 1 saturated heterocycles. The van der Waals surface area contributed by atoms with E-state index < -0.39 is 28.7 Å². The van der Waals surface area contributed by atoms with Gasteiger partial charge in [-0.05, 0) is 48.7 Å². The fraction of sp³-hybridized carbons (Fsp3) is 0.333. The number of urea groups is 1. The van der Waals surface area contributed by atoms with Crippen LogP contribution in [0.3, 0.4) is 0 Å². The maximum Gasteiger partial charge on any atom is 0.317 e. The van der Waals surface area contributed by atoms with Gasteiger partial charge in [0.15, 0.2) is 5.78 Å². The minimum absolute atomic E-state index is 0.0374. The van der Waals surface area contributed by atoms with Gasteiger partial charge in [0.25, 0.3) is 0 Å². The molecule has 30 heavy (non-hydrogen) atoms. The van der Waals surface area contributed by atoms with Crippen LogP contribution >= 0.6 is 0 Å². The number of nitrogen functional groups attached to an aromatic ring is 1. The summed E-state index contributed by atoms with van der Waals surface area (Å²) in [6.45, 7) is 0.782. The molecule has 0 aromatic heterocycles. The van der Waals surface area contributed by atoms with Crippen molar-refractivity contribution in [2.45, 2.75) is 31.3 Å². The molecule has 2 aromatic rings. The number of fused-ring (bicyclic) bond motifs is 1. The molecule has 2 amide bonds. The number of ketones is 1. The van der Waals surface area contributed by atoms with Crippen LogP contribution < -0.4 is 16.4 Å². The number of amides is 2. The van der Waals surface area contributed by atoms with Crippen molar-refractivity contribution in [3.8, 4) is 0 Å². The summed E-state index contributed by atoms with van der Waals surface area (Å²) >= 11 is 0. The van der Waals surface area contributed by atoms with Crippen LogP contribution in [0.2, 0.25) is 0 Å². The first-order valence-electron chi connectivity index (χ1n) is 9.63. The lowest BCUT2D eigenvalue weighted by Gasteiger charge is -2.45. The molecule has 2 aliphatic rings. The van der Waals surface area contributed by atoms with Crippen molar-refractivity contribution in [2.75, 3.05) is 24.1 Å². The molecule has 4 rings (SSSR count). The predicted molar refractivity (Wildman–Crippen MR) is 106 cm³/mol. The minimum atomic E-state index is -0.868. The number of halogens is 3. The predicted octanol–water partition coefficient (Wildman–Crippen LogP) is 3.43. The Kier molecular flexibility index (Phi) is 5.05. The molecule has 1 fully saturated rings. The SMILES string of the molecule is Nc1c(F)cc(CNC(=O)N2CCC3(CC2)CC(=O)c2cc(F)ccc2N3)cc1F. The molecule has 0 saturated carbocycles. The second-order valence-electron chi connectivity index (χ2n) is 7.81. The van der Waals surface area contributed by atoms with Crippen LogP contribution in [0.5, 0.6) is 0 Å². The summed E-state index contributed by atoms with van der Waals surface area (Å²) in [5.41, 5.74) is 5.45. The van der Waals surface area contributed by atoms with Crippen molar-refractivity contribution >= 4 is 23.2 Å². The molecule has 158 valence electrons. The van der Waals surface area contributed by atoms with E-state index in [0.717, 1.165) is 12.1 Å². The van der Waals surface area contributed by atoms with Crippen molar-refractivity contribution in [3.63, 3.8) is 0 Å². The zero-order valence-electron chi connectivity index (χ0n) is 16.1. The van der Waals surface area contributed by atoms with Crippen LogP contribution in [-0.4, -0.2) is 35.3 Å². The molecule has 0 bridgehead atoms. The van der Waals surface area contributed by atoms with Gasteiger partial charge in [0.2, 0.25) is 0 Å². The van der Waals surface area contributed by atoms with E-state index in [4.69, 9.17) is 5.73 Å². The average Bonchev–Trinajstić information content (AvgIpc) is 2.71. The first kappa shape index (κ1) is 20.1. The fourth-order valence-corrected chi connectivity index (χ4v) is 4.06.